The predicted octanol–water partition coefficient (Wildman–Crippen LogP) is 2.49. The molecule has 0 aliphatic carbocycles. The summed E-state index contributed by atoms with van der Waals surface area (Å²) in [7, 11) is 0. The van der Waals surface area contributed by atoms with Gasteiger partial charge in [0.1, 0.15) is 5.76 Å². The Kier molecular flexibility index (Phi) is 3.94. The van der Waals surface area contributed by atoms with Crippen molar-refractivity contribution in [3.05, 3.63) is 28.9 Å². The summed E-state index contributed by atoms with van der Waals surface area (Å²) in [5, 5.41) is 15.8. The van der Waals surface area contributed by atoms with Gasteiger partial charge in [0.15, 0.2) is 0 Å². The molecule has 6 nitrogen and oxygen atoms in total. The molecule has 0 radical (unpaired) electrons. The lowest BCUT2D eigenvalue weighted by atomic mass is 10.1. The van der Waals surface area contributed by atoms with Gasteiger partial charge in [0, 0.05) is 18.2 Å². The summed E-state index contributed by atoms with van der Waals surface area (Å²) in [4.78, 5) is 0. The van der Waals surface area contributed by atoms with E-state index in [1.165, 1.54) is 0 Å². The second-order valence-corrected chi connectivity index (χ2v) is 6.17. The van der Waals surface area contributed by atoms with E-state index in [0.717, 1.165) is 22.7 Å². The van der Waals surface area contributed by atoms with Crippen LogP contribution in [0.1, 0.15) is 56.4 Å². The van der Waals surface area contributed by atoms with Crippen LogP contribution in [0.4, 0.5) is 0 Å². The van der Waals surface area contributed by atoms with E-state index in [1.54, 1.807) is 0 Å². The van der Waals surface area contributed by atoms with Gasteiger partial charge in [-0.3, -0.25) is 0 Å². The monoisotopic (exact) mass is 277 g/mol. The SMILES string of the molecule is Cc1noc(C)c1C(C)NCc1cn(C(C)(C)C)nn1. The number of hydrogen-bond acceptors (Lipinski definition) is 5. The van der Waals surface area contributed by atoms with Crippen molar-refractivity contribution in [2.24, 2.45) is 0 Å². The Bertz CT molecular complexity index is 559. The Hall–Kier alpha value is -1.69. The molecular formula is C14H23N5O. The first kappa shape index (κ1) is 14.7. The average Bonchev–Trinajstić information content (AvgIpc) is 2.93. The zero-order chi connectivity index (χ0) is 14.9. The van der Waals surface area contributed by atoms with Crippen molar-refractivity contribution in [2.45, 2.75) is 59.7 Å². The van der Waals surface area contributed by atoms with E-state index in [0.29, 0.717) is 6.54 Å². The highest BCUT2D eigenvalue weighted by Crippen LogP contribution is 2.21. The normalized spacial score (nSPS) is 13.7. The molecule has 0 amide bonds. The van der Waals surface area contributed by atoms with E-state index in [1.807, 2.05) is 24.7 Å². The molecule has 2 rings (SSSR count). The van der Waals surface area contributed by atoms with E-state index in [9.17, 15) is 0 Å². The lowest BCUT2D eigenvalue weighted by molar-refractivity contribution is 0.347. The summed E-state index contributed by atoms with van der Waals surface area (Å²) < 4.78 is 7.07. The van der Waals surface area contributed by atoms with Gasteiger partial charge >= 0.3 is 0 Å². The van der Waals surface area contributed by atoms with Gasteiger partial charge in [-0.1, -0.05) is 10.4 Å². The van der Waals surface area contributed by atoms with Gasteiger partial charge < -0.3 is 9.84 Å². The van der Waals surface area contributed by atoms with Crippen LogP contribution < -0.4 is 5.32 Å². The standard InChI is InChI=1S/C14H23N5O/c1-9(13-10(2)17-20-11(13)3)15-7-12-8-19(18-16-12)14(4,5)6/h8-9,15H,7H2,1-6H3. The summed E-state index contributed by atoms with van der Waals surface area (Å²) in [6.07, 6.45) is 1.98. The summed E-state index contributed by atoms with van der Waals surface area (Å²) >= 11 is 0. The van der Waals surface area contributed by atoms with Crippen LogP contribution in [0.5, 0.6) is 0 Å². The number of nitrogens with one attached hydrogen (secondary N) is 1. The van der Waals surface area contributed by atoms with Crippen molar-refractivity contribution in [1.82, 2.24) is 25.5 Å². The van der Waals surface area contributed by atoms with Crippen LogP contribution >= 0.6 is 0 Å². The molecule has 0 spiro atoms. The molecule has 2 heterocycles. The summed E-state index contributed by atoms with van der Waals surface area (Å²) in [6.45, 7) is 13.0. The molecular weight excluding hydrogens is 254 g/mol. The van der Waals surface area contributed by atoms with Crippen LogP contribution in [-0.4, -0.2) is 20.2 Å². The molecule has 110 valence electrons. The molecule has 20 heavy (non-hydrogen) atoms. The lowest BCUT2D eigenvalue weighted by Gasteiger charge is -2.17. The van der Waals surface area contributed by atoms with Gasteiger partial charge in [-0.05, 0) is 41.5 Å². The molecule has 2 aromatic rings. The van der Waals surface area contributed by atoms with E-state index < -0.39 is 0 Å². The van der Waals surface area contributed by atoms with Crippen molar-refractivity contribution in [3.8, 4) is 0 Å². The van der Waals surface area contributed by atoms with Gasteiger partial charge in [-0.25, -0.2) is 4.68 Å². The minimum Gasteiger partial charge on any atom is -0.361 e. The Labute approximate surface area is 119 Å². The molecule has 0 aromatic carbocycles. The van der Waals surface area contributed by atoms with Crippen LogP contribution in [0.3, 0.4) is 0 Å². The fourth-order valence-electron chi connectivity index (χ4n) is 2.18. The van der Waals surface area contributed by atoms with Crippen molar-refractivity contribution < 1.29 is 4.52 Å². The van der Waals surface area contributed by atoms with Crippen LogP contribution in [0, 0.1) is 13.8 Å². The summed E-state index contributed by atoms with van der Waals surface area (Å²) in [5.74, 6) is 0.862. The molecule has 6 heteroatoms. The van der Waals surface area contributed by atoms with E-state index >= 15 is 0 Å². The second kappa shape index (κ2) is 5.36. The Morgan fingerprint density at radius 2 is 2.05 bits per heavy atom. The molecule has 1 unspecified atom stereocenters. The van der Waals surface area contributed by atoms with Gasteiger partial charge in [-0.2, -0.15) is 0 Å². The number of nitrogens with zero attached hydrogens (tertiary/aromatic N) is 4. The number of rotatable bonds is 4. The Morgan fingerprint density at radius 1 is 1.35 bits per heavy atom. The smallest absolute Gasteiger partial charge is 0.138 e. The van der Waals surface area contributed by atoms with Gasteiger partial charge in [0.2, 0.25) is 0 Å². The number of aromatic nitrogens is 4. The van der Waals surface area contributed by atoms with E-state index in [4.69, 9.17) is 4.52 Å². The first-order chi connectivity index (χ1) is 9.29. The van der Waals surface area contributed by atoms with Crippen LogP contribution in [0.15, 0.2) is 10.7 Å². The topological polar surface area (TPSA) is 68.8 Å². The van der Waals surface area contributed by atoms with Crippen LogP contribution in [0.2, 0.25) is 0 Å². The Balaban J connectivity index is 2.01. The summed E-state index contributed by atoms with van der Waals surface area (Å²) in [5.41, 5.74) is 2.94. The minimum absolute atomic E-state index is 0.0431. The predicted molar refractivity (Wildman–Crippen MR) is 76.2 cm³/mol. The lowest BCUT2D eigenvalue weighted by Crippen LogP contribution is -2.22. The number of aryl methyl sites for hydroxylation is 2. The van der Waals surface area contributed by atoms with Gasteiger partial charge in [0.25, 0.3) is 0 Å². The largest absolute Gasteiger partial charge is 0.361 e. The molecule has 1 N–H and O–H groups in total. The highest BCUT2D eigenvalue weighted by molar-refractivity contribution is 5.24. The van der Waals surface area contributed by atoms with Crippen LogP contribution in [-0.2, 0) is 12.1 Å². The van der Waals surface area contributed by atoms with Crippen LogP contribution in [0.25, 0.3) is 0 Å². The first-order valence-electron chi connectivity index (χ1n) is 6.87. The number of hydrogen-bond donors (Lipinski definition) is 1. The van der Waals surface area contributed by atoms with E-state index in [2.05, 4.69) is 48.5 Å². The third-order valence-corrected chi connectivity index (χ3v) is 3.34. The highest BCUT2D eigenvalue weighted by atomic mass is 16.5. The molecule has 0 bridgehead atoms. The molecule has 0 fully saturated rings. The fourth-order valence-corrected chi connectivity index (χ4v) is 2.18. The van der Waals surface area contributed by atoms with Crippen molar-refractivity contribution >= 4 is 0 Å². The third kappa shape index (κ3) is 3.07. The minimum atomic E-state index is -0.0431. The molecule has 0 aliphatic rings. The first-order valence-corrected chi connectivity index (χ1v) is 6.87. The maximum atomic E-state index is 5.20. The zero-order valence-electron chi connectivity index (χ0n) is 13.1. The van der Waals surface area contributed by atoms with E-state index in [-0.39, 0.29) is 11.6 Å². The van der Waals surface area contributed by atoms with Gasteiger partial charge in [0.05, 0.1) is 23.1 Å². The van der Waals surface area contributed by atoms with Crippen molar-refractivity contribution in [3.63, 3.8) is 0 Å². The average molecular weight is 277 g/mol. The fraction of sp³-hybridized carbons (Fsp3) is 0.643. The maximum absolute atomic E-state index is 5.20. The molecule has 0 saturated heterocycles. The van der Waals surface area contributed by atoms with Gasteiger partial charge in [-0.15, -0.1) is 5.10 Å². The molecule has 2 aromatic heterocycles. The molecule has 1 atom stereocenters. The Morgan fingerprint density at radius 3 is 2.55 bits per heavy atom. The molecule has 0 saturated carbocycles. The molecule has 0 aliphatic heterocycles. The summed E-state index contributed by atoms with van der Waals surface area (Å²) in [6, 6.07) is 0.168. The highest BCUT2D eigenvalue weighted by Gasteiger charge is 2.18. The van der Waals surface area contributed by atoms with Crippen molar-refractivity contribution in [2.75, 3.05) is 0 Å². The zero-order valence-corrected chi connectivity index (χ0v) is 13.1. The second-order valence-electron chi connectivity index (χ2n) is 6.17. The maximum Gasteiger partial charge on any atom is 0.138 e. The van der Waals surface area contributed by atoms with Crippen molar-refractivity contribution in [1.29, 1.82) is 0 Å². The quantitative estimate of drug-likeness (QED) is 0.929. The third-order valence-electron chi connectivity index (χ3n) is 3.34.